The first-order valence-electron chi connectivity index (χ1n) is 7.85. The minimum atomic E-state index is -3.61. The summed E-state index contributed by atoms with van der Waals surface area (Å²) >= 11 is 1.51. The van der Waals surface area contributed by atoms with Crippen molar-refractivity contribution in [1.29, 1.82) is 0 Å². The number of amidine groups is 1. The Labute approximate surface area is 154 Å². The summed E-state index contributed by atoms with van der Waals surface area (Å²) in [6, 6.07) is 3.76. The van der Waals surface area contributed by atoms with Crippen molar-refractivity contribution in [1.82, 2.24) is 10.2 Å². The van der Waals surface area contributed by atoms with Crippen LogP contribution >= 0.6 is 11.3 Å². The predicted octanol–water partition coefficient (Wildman–Crippen LogP) is 0.794. The summed E-state index contributed by atoms with van der Waals surface area (Å²) in [7, 11) is -3.61. The molecule has 1 aromatic rings. The highest BCUT2D eigenvalue weighted by molar-refractivity contribution is 7.90. The highest BCUT2D eigenvalue weighted by Crippen LogP contribution is 2.19. The summed E-state index contributed by atoms with van der Waals surface area (Å²) in [6.07, 6.45) is 3.65. The zero-order valence-electron chi connectivity index (χ0n) is 13.9. The number of rotatable bonds is 5. The highest BCUT2D eigenvalue weighted by atomic mass is 32.2. The van der Waals surface area contributed by atoms with E-state index in [4.69, 9.17) is 4.74 Å². The Morgan fingerprint density at radius 2 is 2.27 bits per heavy atom. The number of carbonyl (C=O) groups is 2. The van der Waals surface area contributed by atoms with Crippen molar-refractivity contribution in [2.75, 3.05) is 12.3 Å². The molecule has 0 radical (unpaired) electrons. The third-order valence-corrected chi connectivity index (χ3v) is 5.77. The number of thiophene rings is 1. The van der Waals surface area contributed by atoms with E-state index in [1.807, 2.05) is 17.5 Å². The van der Waals surface area contributed by atoms with Gasteiger partial charge in [-0.3, -0.25) is 4.79 Å². The molecule has 1 amide bonds. The minimum absolute atomic E-state index is 0.00804. The fourth-order valence-electron chi connectivity index (χ4n) is 2.38. The SMILES string of the molecule is C[C@@H](OC(=O)C1=CC=CN2CCS(=O)(=O)N=C12)C(=O)NCc1cccs1. The smallest absolute Gasteiger partial charge is 0.342 e. The maximum Gasteiger partial charge on any atom is 0.342 e. The van der Waals surface area contributed by atoms with Crippen molar-refractivity contribution in [3.05, 3.63) is 46.3 Å². The molecular weight excluding hydrogens is 378 g/mol. The molecule has 138 valence electrons. The lowest BCUT2D eigenvalue weighted by Crippen LogP contribution is -2.41. The Morgan fingerprint density at radius 1 is 1.46 bits per heavy atom. The topological polar surface area (TPSA) is 105 Å². The van der Waals surface area contributed by atoms with Gasteiger partial charge in [0.15, 0.2) is 11.9 Å². The van der Waals surface area contributed by atoms with Crippen LogP contribution < -0.4 is 5.32 Å². The molecule has 0 aromatic carbocycles. The average Bonchev–Trinajstić information content (AvgIpc) is 3.11. The highest BCUT2D eigenvalue weighted by Gasteiger charge is 2.32. The predicted molar refractivity (Wildman–Crippen MR) is 96.9 cm³/mol. The Morgan fingerprint density at radius 3 is 3.00 bits per heavy atom. The van der Waals surface area contributed by atoms with Gasteiger partial charge in [0.25, 0.3) is 15.9 Å². The summed E-state index contributed by atoms with van der Waals surface area (Å²) in [5, 5.41) is 4.59. The molecular formula is C16H17N3O5S2. The van der Waals surface area contributed by atoms with Crippen LogP contribution in [0.5, 0.6) is 0 Å². The number of ether oxygens (including phenoxy) is 1. The Hall–Kier alpha value is -2.46. The standard InChI is InChI=1S/C16H17N3O5S2/c1-11(15(20)17-10-12-4-3-8-25-12)24-16(21)13-5-2-6-19-7-9-26(22,23)18-14(13)19/h2-6,8,11H,7,9-10H2,1H3,(H,17,20)/t11-/m1/s1. The van der Waals surface area contributed by atoms with E-state index in [9.17, 15) is 18.0 Å². The van der Waals surface area contributed by atoms with Crippen molar-refractivity contribution < 1.29 is 22.7 Å². The van der Waals surface area contributed by atoms with Crippen molar-refractivity contribution >= 4 is 39.1 Å². The van der Waals surface area contributed by atoms with Crippen LogP contribution in [0.15, 0.2) is 45.8 Å². The quantitative estimate of drug-likeness (QED) is 0.739. The molecule has 10 heteroatoms. The van der Waals surface area contributed by atoms with Gasteiger partial charge in [-0.1, -0.05) is 6.07 Å². The molecule has 1 N–H and O–H groups in total. The van der Waals surface area contributed by atoms with E-state index in [1.54, 1.807) is 17.2 Å². The number of nitrogens with zero attached hydrogens (tertiary/aromatic N) is 2. The van der Waals surface area contributed by atoms with Crippen molar-refractivity contribution in [3.8, 4) is 0 Å². The molecule has 0 aliphatic carbocycles. The third-order valence-electron chi connectivity index (χ3n) is 3.75. The van der Waals surface area contributed by atoms with Crippen molar-refractivity contribution in [2.24, 2.45) is 4.40 Å². The Balaban J connectivity index is 1.65. The van der Waals surface area contributed by atoms with E-state index in [0.29, 0.717) is 6.54 Å². The first-order valence-corrected chi connectivity index (χ1v) is 10.3. The second-order valence-electron chi connectivity index (χ2n) is 5.66. The minimum Gasteiger partial charge on any atom is -0.449 e. The van der Waals surface area contributed by atoms with Crippen LogP contribution in [-0.4, -0.2) is 49.4 Å². The van der Waals surface area contributed by atoms with E-state index in [0.717, 1.165) is 4.88 Å². The number of hydrogen-bond donors (Lipinski definition) is 1. The second kappa shape index (κ2) is 7.42. The van der Waals surface area contributed by atoms with Gasteiger partial charge in [0, 0.05) is 17.6 Å². The van der Waals surface area contributed by atoms with Crippen LogP contribution in [0.4, 0.5) is 0 Å². The van der Waals surface area contributed by atoms with E-state index in [-0.39, 0.29) is 23.7 Å². The fraction of sp³-hybridized carbons (Fsp3) is 0.312. The molecule has 3 rings (SSSR count). The van der Waals surface area contributed by atoms with Gasteiger partial charge < -0.3 is 15.0 Å². The first-order chi connectivity index (χ1) is 12.4. The second-order valence-corrected chi connectivity index (χ2v) is 8.45. The number of nitrogens with one attached hydrogen (secondary N) is 1. The molecule has 0 fully saturated rings. The van der Waals surface area contributed by atoms with Gasteiger partial charge in [0.05, 0.1) is 12.3 Å². The fourth-order valence-corrected chi connectivity index (χ4v) is 4.01. The summed E-state index contributed by atoms with van der Waals surface area (Å²) in [6.45, 7) is 2.01. The van der Waals surface area contributed by atoms with E-state index in [1.165, 1.54) is 24.3 Å². The molecule has 8 nitrogen and oxygen atoms in total. The number of esters is 1. The molecule has 0 unspecified atom stereocenters. The van der Waals surface area contributed by atoms with Crippen molar-refractivity contribution in [2.45, 2.75) is 19.6 Å². The van der Waals surface area contributed by atoms with Gasteiger partial charge in [-0.2, -0.15) is 0 Å². The van der Waals surface area contributed by atoms with Gasteiger partial charge in [-0.25, -0.2) is 13.2 Å². The summed E-state index contributed by atoms with van der Waals surface area (Å²) < 4.78 is 32.3. The van der Waals surface area contributed by atoms with Crippen LogP contribution in [0.25, 0.3) is 0 Å². The number of amides is 1. The molecule has 1 atom stereocenters. The number of carbonyl (C=O) groups excluding carboxylic acids is 2. The monoisotopic (exact) mass is 395 g/mol. The van der Waals surface area contributed by atoms with Gasteiger partial charge in [0.1, 0.15) is 5.57 Å². The lowest BCUT2D eigenvalue weighted by molar-refractivity contribution is -0.150. The molecule has 0 bridgehead atoms. The largest absolute Gasteiger partial charge is 0.449 e. The van der Waals surface area contributed by atoms with Gasteiger partial charge in [-0.05, 0) is 30.5 Å². The van der Waals surface area contributed by atoms with Crippen LogP contribution in [0.1, 0.15) is 11.8 Å². The van der Waals surface area contributed by atoms with E-state index in [2.05, 4.69) is 9.71 Å². The van der Waals surface area contributed by atoms with E-state index >= 15 is 0 Å². The number of allylic oxidation sites excluding steroid dienone is 2. The maximum absolute atomic E-state index is 12.4. The zero-order valence-corrected chi connectivity index (χ0v) is 15.5. The molecule has 26 heavy (non-hydrogen) atoms. The van der Waals surface area contributed by atoms with Gasteiger partial charge in [0.2, 0.25) is 0 Å². The molecule has 1 aromatic heterocycles. The number of hydrogen-bond acceptors (Lipinski definition) is 7. The number of sulfonamides is 1. The Bertz CT molecular complexity index is 900. The molecule has 2 aliphatic heterocycles. The third kappa shape index (κ3) is 4.20. The average molecular weight is 395 g/mol. The maximum atomic E-state index is 12.4. The van der Waals surface area contributed by atoms with Crippen LogP contribution in [0, 0.1) is 0 Å². The zero-order chi connectivity index (χ0) is 18.7. The molecule has 0 spiro atoms. The van der Waals surface area contributed by atoms with Gasteiger partial charge >= 0.3 is 5.97 Å². The van der Waals surface area contributed by atoms with Gasteiger partial charge in [-0.15, -0.1) is 15.7 Å². The molecule has 0 saturated carbocycles. The van der Waals surface area contributed by atoms with Crippen LogP contribution in [0.3, 0.4) is 0 Å². The lowest BCUT2D eigenvalue weighted by Gasteiger charge is -2.28. The van der Waals surface area contributed by atoms with Crippen LogP contribution in [-0.2, 0) is 30.9 Å². The molecule has 0 saturated heterocycles. The van der Waals surface area contributed by atoms with E-state index < -0.39 is 28.0 Å². The van der Waals surface area contributed by atoms with Crippen LogP contribution in [0.2, 0.25) is 0 Å². The summed E-state index contributed by atoms with van der Waals surface area (Å²) in [5.41, 5.74) is 0.00804. The summed E-state index contributed by atoms with van der Waals surface area (Å²) in [4.78, 5) is 27.0. The molecule has 2 aliphatic rings. The number of fused-ring (bicyclic) bond motifs is 1. The van der Waals surface area contributed by atoms with Crippen molar-refractivity contribution in [3.63, 3.8) is 0 Å². The first kappa shape index (κ1) is 18.3. The summed E-state index contributed by atoms with van der Waals surface area (Å²) in [5.74, 6) is -1.33. The Kier molecular flexibility index (Phi) is 5.23. The normalized spacial score (nSPS) is 19.0. The lowest BCUT2D eigenvalue weighted by atomic mass is 10.1. The molecule has 3 heterocycles.